The molecule has 194 valence electrons. The van der Waals surface area contributed by atoms with E-state index in [1.165, 1.54) is 0 Å². The van der Waals surface area contributed by atoms with Crippen LogP contribution in [0.1, 0.15) is 0 Å². The topological polar surface area (TPSA) is 92.3 Å². The minimum Gasteiger partial charge on any atom is -0.382 e. The molecular weight excluding hydrogens is 539 g/mol. The Labute approximate surface area is 206 Å². The summed E-state index contributed by atoms with van der Waals surface area (Å²) in [5.74, 6) is 0. The molecule has 0 saturated heterocycles. The molecule has 0 saturated carbocycles. The first-order chi connectivity index (χ1) is 15.9. The molecule has 10 nitrogen and oxygen atoms in total. The van der Waals surface area contributed by atoms with Crippen molar-refractivity contribution in [3.8, 4) is 0 Å². The van der Waals surface area contributed by atoms with Gasteiger partial charge in [-0.3, -0.25) is 0 Å². The molecule has 0 rings (SSSR count). The second kappa shape index (κ2) is 31.3. The molecule has 0 aliphatic heterocycles. The monoisotopic (exact) mass is 582 g/mol. The van der Waals surface area contributed by atoms with Gasteiger partial charge in [0, 0.05) is 11.5 Å². The fraction of sp³-hybridized carbons (Fsp3) is 1.00. The number of alkyl halides is 1. The zero-order chi connectivity index (χ0) is 23.2. The third-order valence-electron chi connectivity index (χ3n) is 3.63. The molecule has 0 aromatic heterocycles. The van der Waals surface area contributed by atoms with Gasteiger partial charge in [0.2, 0.25) is 0 Å². The molecule has 0 aliphatic rings. The van der Waals surface area contributed by atoms with Gasteiger partial charge in [0.15, 0.2) is 0 Å². The Balaban J connectivity index is 2.98. The largest absolute Gasteiger partial charge is 0.382 e. The van der Waals surface area contributed by atoms with Gasteiger partial charge in [-0.2, -0.15) is 0 Å². The van der Waals surface area contributed by atoms with Crippen LogP contribution in [-0.4, -0.2) is 137 Å². The van der Waals surface area contributed by atoms with E-state index in [0.717, 1.165) is 11.0 Å². The highest BCUT2D eigenvalue weighted by molar-refractivity contribution is 14.1. The van der Waals surface area contributed by atoms with Gasteiger partial charge in [0.1, 0.15) is 0 Å². The van der Waals surface area contributed by atoms with Crippen LogP contribution in [-0.2, 0) is 47.4 Å². The Morgan fingerprint density at radius 2 is 0.500 bits per heavy atom. The van der Waals surface area contributed by atoms with E-state index in [1.807, 2.05) is 0 Å². The van der Waals surface area contributed by atoms with E-state index in [2.05, 4.69) is 22.6 Å². The Morgan fingerprint density at radius 1 is 0.312 bits per heavy atom. The molecule has 0 aromatic rings. The lowest BCUT2D eigenvalue weighted by Gasteiger charge is -2.08. The van der Waals surface area contributed by atoms with Crippen LogP contribution in [0, 0.1) is 0 Å². The van der Waals surface area contributed by atoms with E-state index in [9.17, 15) is 0 Å². The van der Waals surface area contributed by atoms with Gasteiger partial charge in [-0.25, -0.2) is 0 Å². The average Bonchev–Trinajstić information content (AvgIpc) is 2.81. The summed E-state index contributed by atoms with van der Waals surface area (Å²) < 4.78 is 54.4. The van der Waals surface area contributed by atoms with E-state index in [1.54, 1.807) is 7.11 Å². The van der Waals surface area contributed by atoms with E-state index < -0.39 is 0 Å². The minimum atomic E-state index is 0.533. The molecule has 32 heavy (non-hydrogen) atoms. The number of hydrogen-bond acceptors (Lipinski definition) is 10. The van der Waals surface area contributed by atoms with Crippen molar-refractivity contribution in [1.29, 1.82) is 0 Å². The van der Waals surface area contributed by atoms with E-state index >= 15 is 0 Å². The van der Waals surface area contributed by atoms with Gasteiger partial charge < -0.3 is 47.4 Å². The maximum absolute atomic E-state index is 5.44. The van der Waals surface area contributed by atoms with Gasteiger partial charge in [-0.05, 0) is 0 Å². The molecule has 0 fully saturated rings. The lowest BCUT2D eigenvalue weighted by Crippen LogP contribution is -2.15. The molecule has 11 heteroatoms. The van der Waals surface area contributed by atoms with Crippen molar-refractivity contribution in [2.75, 3.05) is 137 Å². The molecule has 0 aromatic carbocycles. The van der Waals surface area contributed by atoms with Crippen molar-refractivity contribution in [1.82, 2.24) is 0 Å². The zero-order valence-electron chi connectivity index (χ0n) is 19.6. The summed E-state index contributed by atoms with van der Waals surface area (Å²) in [5, 5.41) is 0. The summed E-state index contributed by atoms with van der Waals surface area (Å²) in [7, 11) is 1.65. The summed E-state index contributed by atoms with van der Waals surface area (Å²) in [5.41, 5.74) is 0. The smallest absolute Gasteiger partial charge is 0.0701 e. The summed E-state index contributed by atoms with van der Waals surface area (Å²) >= 11 is 2.28. The summed E-state index contributed by atoms with van der Waals surface area (Å²) in [6.07, 6.45) is 0. The number of ether oxygens (including phenoxy) is 10. The predicted molar refractivity (Wildman–Crippen MR) is 128 cm³/mol. The van der Waals surface area contributed by atoms with E-state index in [0.29, 0.717) is 119 Å². The molecule has 0 spiro atoms. The summed E-state index contributed by atoms with van der Waals surface area (Å²) in [6.45, 7) is 10.8. The highest BCUT2D eigenvalue weighted by atomic mass is 127. The molecule has 0 amide bonds. The van der Waals surface area contributed by atoms with Gasteiger partial charge in [0.05, 0.1) is 126 Å². The van der Waals surface area contributed by atoms with Gasteiger partial charge in [-0.15, -0.1) is 0 Å². The Hall–Kier alpha value is 0.330. The molecule has 0 unspecified atom stereocenters. The zero-order valence-corrected chi connectivity index (χ0v) is 21.8. The highest BCUT2D eigenvalue weighted by Crippen LogP contribution is 1.87. The van der Waals surface area contributed by atoms with Crippen LogP contribution in [0.3, 0.4) is 0 Å². The third kappa shape index (κ3) is 30.3. The number of hydrogen-bond donors (Lipinski definition) is 0. The van der Waals surface area contributed by atoms with Crippen LogP contribution >= 0.6 is 22.6 Å². The second-order valence-electron chi connectivity index (χ2n) is 6.19. The van der Waals surface area contributed by atoms with E-state index in [4.69, 9.17) is 47.4 Å². The molecule has 0 bridgehead atoms. The second-order valence-corrected chi connectivity index (χ2v) is 7.27. The highest BCUT2D eigenvalue weighted by Gasteiger charge is 1.95. The average molecular weight is 582 g/mol. The van der Waals surface area contributed by atoms with Crippen LogP contribution < -0.4 is 0 Å². The Morgan fingerprint density at radius 3 is 0.688 bits per heavy atom. The minimum absolute atomic E-state index is 0.533. The summed E-state index contributed by atoms with van der Waals surface area (Å²) in [4.78, 5) is 0. The Kier molecular flexibility index (Phi) is 31.7. The van der Waals surface area contributed by atoms with Crippen molar-refractivity contribution in [3.05, 3.63) is 0 Å². The standard InChI is InChI=1S/C21H43IO10/c1-23-4-5-25-8-9-27-12-13-29-16-17-31-20-21-32-19-18-30-15-14-28-11-10-26-7-6-24-3-2-22/h2-21H2,1H3. The van der Waals surface area contributed by atoms with Crippen LogP contribution in [0.2, 0.25) is 0 Å². The van der Waals surface area contributed by atoms with Gasteiger partial charge >= 0.3 is 0 Å². The van der Waals surface area contributed by atoms with Crippen molar-refractivity contribution in [2.45, 2.75) is 0 Å². The first-order valence-corrected chi connectivity index (χ1v) is 12.7. The third-order valence-corrected chi connectivity index (χ3v) is 4.07. The van der Waals surface area contributed by atoms with E-state index in [-0.39, 0.29) is 0 Å². The molecule has 0 radical (unpaired) electrons. The first-order valence-electron chi connectivity index (χ1n) is 11.2. The van der Waals surface area contributed by atoms with Crippen molar-refractivity contribution in [2.24, 2.45) is 0 Å². The molecule has 0 N–H and O–H groups in total. The Bertz CT molecular complexity index is 299. The number of halogens is 1. The summed E-state index contributed by atoms with van der Waals surface area (Å²) in [6, 6.07) is 0. The maximum Gasteiger partial charge on any atom is 0.0701 e. The fourth-order valence-corrected chi connectivity index (χ4v) is 2.37. The first kappa shape index (κ1) is 32.3. The van der Waals surface area contributed by atoms with Gasteiger partial charge in [0.25, 0.3) is 0 Å². The SMILES string of the molecule is COCCOCCOCCOCCOCCOCCOCCOCCOCCOCCI. The molecule has 0 aliphatic carbocycles. The van der Waals surface area contributed by atoms with Crippen LogP contribution in [0.5, 0.6) is 0 Å². The van der Waals surface area contributed by atoms with Crippen molar-refractivity contribution >= 4 is 22.6 Å². The van der Waals surface area contributed by atoms with Gasteiger partial charge in [-0.1, -0.05) is 22.6 Å². The van der Waals surface area contributed by atoms with Crippen LogP contribution in [0.15, 0.2) is 0 Å². The fourth-order valence-electron chi connectivity index (χ4n) is 2.06. The van der Waals surface area contributed by atoms with Crippen LogP contribution in [0.4, 0.5) is 0 Å². The normalized spacial score (nSPS) is 11.4. The number of methoxy groups -OCH3 is 1. The van der Waals surface area contributed by atoms with Crippen molar-refractivity contribution in [3.63, 3.8) is 0 Å². The van der Waals surface area contributed by atoms with Crippen molar-refractivity contribution < 1.29 is 47.4 Å². The molecular formula is C21H43IO10. The quantitative estimate of drug-likeness (QED) is 0.0729. The lowest BCUT2D eigenvalue weighted by atomic mass is 10.6. The molecule has 0 heterocycles. The molecule has 0 atom stereocenters. The maximum atomic E-state index is 5.44. The predicted octanol–water partition coefficient (Wildman–Crippen LogP) is 1.22. The number of rotatable bonds is 29. The lowest BCUT2D eigenvalue weighted by molar-refractivity contribution is -0.0256. The van der Waals surface area contributed by atoms with Crippen LogP contribution in [0.25, 0.3) is 0 Å².